The monoisotopic (exact) mass is 1680 g/mol. The van der Waals surface area contributed by atoms with Crippen LogP contribution < -0.4 is 93.2 Å². The van der Waals surface area contributed by atoms with Crippen molar-refractivity contribution in [3.63, 3.8) is 0 Å². The van der Waals surface area contributed by atoms with E-state index in [-0.39, 0.29) is 116 Å². The van der Waals surface area contributed by atoms with Crippen molar-refractivity contribution in [2.75, 3.05) is 59.3 Å². The number of hydrogen-bond acceptors (Lipinski definition) is 27. The molecule has 22 N–H and O–H groups in total. The van der Waals surface area contributed by atoms with E-state index in [2.05, 4.69) is 63.8 Å². The second-order valence-corrected chi connectivity index (χ2v) is 32.2. The molecule has 120 heavy (non-hydrogen) atoms. The molecule has 6 heterocycles. The molecule has 36 nitrogen and oxygen atoms in total. The molecule has 0 unspecified atom stereocenters. The number of halogens is 1. The number of aryl methyl sites for hydroxylation is 1. The van der Waals surface area contributed by atoms with E-state index < -0.39 is 192 Å². The number of hydrogen-bond donors (Lipinski definition) is 21. The summed E-state index contributed by atoms with van der Waals surface area (Å²) in [6, 6.07) is 3.98. The number of imide groups is 1. The van der Waals surface area contributed by atoms with E-state index in [0.717, 1.165) is 80.6 Å². The summed E-state index contributed by atoms with van der Waals surface area (Å²) in [4.78, 5) is 139. The minimum absolute atomic E-state index is 0.0507. The Kier molecular flexibility index (Phi) is 26.9. The summed E-state index contributed by atoms with van der Waals surface area (Å²) < 4.78 is 37.7. The summed E-state index contributed by atoms with van der Waals surface area (Å²) in [5.74, 6) is -12.4. The standard InChI is InChI=1S/C83H100ClN13O23/c1-35(2)17-52(88-6)75(107)96-67-69(102)40-8-11-56(36(3)18-40)117-58-26-44-27-59(74(58)120-82-73(106)72(105)71(104)60(34-85)119-82)118-57-12-9-41(25-51(57)84)70(103)68-81(113)95-66(79(111)92-63-42-20-37-19-38(22-42)23-43(63)21-37)50-30-46(98)31-55(100)62(50)49-24-39(7-10-54(49)99)64(77(109)97-68)94-78(110)65(44)93-76(108)53(90-80(67)112)33-61(101)91-83(114)89-45-28-47(115-15-13-86-4)32-48(29-45)116-16-14-87-5/h7-12,18,24-32,35,37-38,42-43,52-53,60,63-73,82,86-88,98-100,102-106H,13-17,19-23,33-34,85H2,1-6H3,(H,90,112)(H,92,111)(H,93,108)(H,94,110)(H,95,113)(H,96,107)(H,97,109)(H2,89,91,101,114)/t37?,38?,42?,43?,52-,53+,60-,63?,64-,65-,66+,67-,68+,69-,70-,71-,72+,73-,82+/m1/s1. The largest absolute Gasteiger partial charge is 0.508 e. The molecular formula is C83H100ClN13O23. The van der Waals surface area contributed by atoms with Crippen molar-refractivity contribution in [2.45, 2.75) is 157 Å². The summed E-state index contributed by atoms with van der Waals surface area (Å²) in [5, 5.41) is 127. The number of aliphatic hydroxyl groups is 5. The highest BCUT2D eigenvalue weighted by Gasteiger charge is 2.51. The zero-order chi connectivity index (χ0) is 85.8. The van der Waals surface area contributed by atoms with Crippen molar-refractivity contribution >= 4 is 70.6 Å². The van der Waals surface area contributed by atoms with Gasteiger partial charge in [0.2, 0.25) is 59.3 Å². The molecule has 14 atom stereocenters. The molecule has 10 aliphatic rings. The molecule has 4 aliphatic carbocycles. The molecular weight excluding hydrogens is 1580 g/mol. The molecule has 642 valence electrons. The van der Waals surface area contributed by atoms with Crippen molar-refractivity contribution in [1.29, 1.82) is 0 Å². The van der Waals surface area contributed by atoms with Crippen molar-refractivity contribution in [1.82, 2.24) is 58.5 Å². The van der Waals surface area contributed by atoms with E-state index in [0.29, 0.717) is 24.9 Å². The summed E-state index contributed by atoms with van der Waals surface area (Å²) in [7, 11) is 4.92. The Bertz CT molecular complexity index is 4850. The molecule has 0 radical (unpaired) electrons. The summed E-state index contributed by atoms with van der Waals surface area (Å²) in [6.07, 6.45) is -10.1. The zero-order valence-corrected chi connectivity index (χ0v) is 67.2. The van der Waals surface area contributed by atoms with Crippen molar-refractivity contribution < 1.29 is 112 Å². The fraction of sp³-hybridized carbons (Fsp3) is 0.458. The minimum atomic E-state index is -2.36. The molecule has 15 bridgehead atoms. The van der Waals surface area contributed by atoms with Gasteiger partial charge in [0.25, 0.3) is 0 Å². The Morgan fingerprint density at radius 1 is 0.617 bits per heavy atom. The van der Waals surface area contributed by atoms with E-state index in [1.165, 1.54) is 56.4 Å². The lowest BCUT2D eigenvalue weighted by Crippen LogP contribution is -2.60. The number of anilines is 1. The number of carbonyl (C=O) groups excluding carboxylic acids is 9. The average Bonchev–Trinajstić information content (AvgIpc) is 0.755. The molecule has 10 amide bonds. The van der Waals surface area contributed by atoms with Gasteiger partial charge in [-0.15, -0.1) is 0 Å². The number of rotatable bonds is 21. The third kappa shape index (κ3) is 19.2. The first kappa shape index (κ1) is 86.7. The summed E-state index contributed by atoms with van der Waals surface area (Å²) in [6.45, 7) is 5.94. The fourth-order valence-corrected chi connectivity index (χ4v) is 17.3. The van der Waals surface area contributed by atoms with Crippen LogP contribution >= 0.6 is 11.6 Å². The quantitative estimate of drug-likeness (QED) is 0.0460. The number of fused-ring (bicyclic) bond motifs is 15. The Balaban J connectivity index is 0.983. The highest BCUT2D eigenvalue weighted by molar-refractivity contribution is 6.32. The number of aliphatic hydroxyl groups excluding tert-OH is 5. The Morgan fingerprint density at radius 2 is 1.23 bits per heavy atom. The molecule has 5 fully saturated rings. The minimum Gasteiger partial charge on any atom is -0.508 e. The number of urea groups is 1. The van der Waals surface area contributed by atoms with Crippen LogP contribution in [0.25, 0.3) is 11.1 Å². The van der Waals surface area contributed by atoms with Gasteiger partial charge in [0, 0.05) is 66.8 Å². The van der Waals surface area contributed by atoms with Gasteiger partial charge in [-0.25, -0.2) is 4.79 Å². The molecule has 0 spiro atoms. The highest BCUT2D eigenvalue weighted by atomic mass is 35.5. The van der Waals surface area contributed by atoms with Crippen molar-refractivity contribution in [3.05, 3.63) is 135 Å². The highest BCUT2D eigenvalue weighted by Crippen LogP contribution is 2.55. The molecule has 0 aromatic heterocycles. The Morgan fingerprint density at radius 3 is 1.86 bits per heavy atom. The van der Waals surface area contributed by atoms with Crippen LogP contribution in [0.15, 0.2) is 97.1 Å². The number of amides is 10. The number of aromatic hydroxyl groups is 3. The molecule has 6 aromatic rings. The first-order valence-corrected chi connectivity index (χ1v) is 40.1. The summed E-state index contributed by atoms with van der Waals surface area (Å²) >= 11 is 7.21. The smallest absolute Gasteiger partial charge is 0.325 e. The SMILES string of the molecule is CNCCOc1cc(NC(=O)NC(=O)C[C@@H]2NC(=O)[C@H](NC(=O)[C@@H](CC(C)C)NC)[C@H](O)c3ccc(c(C)c3)Oc3cc4cc(c3O[C@@H]3O[C@H](CN)[C@@H](O)[C@H](O)[C@H]3O)Oc3ccc(cc3Cl)[C@@H](O)[C@@H]3NC(=O)[C@H](NC(=O)[C@@H]4NC2=O)c2ccc(O)c(c2)-c2c(O)cc(O)cc2[C@@H](C(=O)NC2C4CC5CC(C4)CC2C5)NC3=O)cc(OCCNC)c1. The lowest BCUT2D eigenvalue weighted by molar-refractivity contribution is -0.270. The van der Waals surface area contributed by atoms with E-state index >= 15 is 28.8 Å². The van der Waals surface area contributed by atoms with Gasteiger partial charge in [-0.3, -0.25) is 43.7 Å². The second-order valence-electron chi connectivity index (χ2n) is 31.8. The summed E-state index contributed by atoms with van der Waals surface area (Å²) in [5.41, 5.74) is 4.26. The molecule has 6 aliphatic heterocycles. The topological polar surface area (TPSA) is 541 Å². The van der Waals surface area contributed by atoms with Crippen LogP contribution in [0.5, 0.6) is 57.5 Å². The van der Waals surface area contributed by atoms with Crippen LogP contribution in [0.1, 0.15) is 123 Å². The van der Waals surface area contributed by atoms with Crippen LogP contribution in [-0.4, -0.2) is 209 Å². The number of carbonyl (C=O) groups is 9. The zero-order valence-electron chi connectivity index (χ0n) is 66.4. The van der Waals surface area contributed by atoms with E-state index in [9.17, 15) is 55.2 Å². The first-order valence-electron chi connectivity index (χ1n) is 39.7. The van der Waals surface area contributed by atoms with Gasteiger partial charge < -0.3 is 133 Å². The molecule has 4 saturated carbocycles. The van der Waals surface area contributed by atoms with Gasteiger partial charge in [0.05, 0.1) is 17.5 Å². The van der Waals surface area contributed by atoms with Gasteiger partial charge in [-0.2, -0.15) is 0 Å². The fourth-order valence-electron chi connectivity index (χ4n) is 17.1. The van der Waals surface area contributed by atoms with Gasteiger partial charge >= 0.3 is 6.03 Å². The number of nitrogens with two attached hydrogens (primary N) is 1. The Hall–Kier alpha value is -11.2. The maximum Gasteiger partial charge on any atom is 0.325 e. The second kappa shape index (κ2) is 37.2. The molecule has 16 rings (SSSR count). The van der Waals surface area contributed by atoms with E-state index in [1.807, 2.05) is 13.8 Å². The Labute approximate surface area is 694 Å². The normalized spacial score (nSPS) is 27.2. The number of likely N-dealkylation sites (N-methyl/N-ethyl adjacent to an activating group) is 3. The van der Waals surface area contributed by atoms with Crippen LogP contribution in [-0.2, 0) is 43.1 Å². The van der Waals surface area contributed by atoms with E-state index in [4.69, 9.17) is 45.8 Å². The molecule has 6 aromatic carbocycles. The maximum absolute atomic E-state index is 16.5. The number of ether oxygens (including phenoxy) is 6. The van der Waals surface area contributed by atoms with Gasteiger partial charge in [-0.1, -0.05) is 43.6 Å². The van der Waals surface area contributed by atoms with Crippen molar-refractivity contribution in [2.24, 2.45) is 35.3 Å². The van der Waals surface area contributed by atoms with Crippen LogP contribution in [0.3, 0.4) is 0 Å². The predicted octanol–water partition coefficient (Wildman–Crippen LogP) is 2.41. The van der Waals surface area contributed by atoms with Crippen LogP contribution in [0.2, 0.25) is 5.02 Å². The van der Waals surface area contributed by atoms with Crippen molar-refractivity contribution in [3.8, 4) is 68.6 Å². The number of nitrogens with one attached hydrogen (secondary N) is 12. The van der Waals surface area contributed by atoms with Gasteiger partial charge in [0.1, 0.15) is 126 Å². The number of phenolic OH excluding ortho intramolecular Hbond substituents is 3. The predicted molar refractivity (Wildman–Crippen MR) is 429 cm³/mol. The van der Waals surface area contributed by atoms with Gasteiger partial charge in [-0.05, 0) is 184 Å². The van der Waals surface area contributed by atoms with E-state index in [1.54, 1.807) is 20.2 Å². The number of phenols is 3. The number of benzene rings is 6. The molecule has 1 saturated heterocycles. The maximum atomic E-state index is 16.5. The molecule has 37 heteroatoms. The first-order chi connectivity index (χ1) is 57.4. The van der Waals surface area contributed by atoms with Crippen LogP contribution in [0.4, 0.5) is 10.5 Å². The lowest BCUT2D eigenvalue weighted by Gasteiger charge is -2.54. The average molecular weight is 1680 g/mol. The third-order valence-electron chi connectivity index (χ3n) is 22.9. The third-order valence-corrected chi connectivity index (χ3v) is 23.2. The van der Waals surface area contributed by atoms with Gasteiger partial charge in [0.15, 0.2) is 11.5 Å². The lowest BCUT2D eigenvalue weighted by atomic mass is 9.54. The van der Waals surface area contributed by atoms with Crippen LogP contribution in [0, 0.1) is 36.5 Å².